The Morgan fingerprint density at radius 3 is 1.62 bits per heavy atom. The van der Waals surface area contributed by atoms with Gasteiger partial charge >= 0.3 is 5.97 Å². The van der Waals surface area contributed by atoms with E-state index in [9.17, 15) is 33.9 Å². The molecule has 14 nitrogen and oxygen atoms in total. The average molecular weight is 977 g/mol. The van der Waals surface area contributed by atoms with Crippen LogP contribution in [0.4, 0.5) is 0 Å². The van der Waals surface area contributed by atoms with Crippen molar-refractivity contribution in [2.45, 2.75) is 68.7 Å². The lowest BCUT2D eigenvalue weighted by atomic mass is 9.98. The molecule has 0 unspecified atom stereocenters. The van der Waals surface area contributed by atoms with Crippen molar-refractivity contribution < 1.29 is 38.6 Å². The number of ether oxygens (including phenoxy) is 1. The first-order valence-electron chi connectivity index (χ1n) is 24.2. The SMILES string of the molecule is O=C1COc2ccc(cc2)C[C@@H](C(=O)N[C@H](Cc2ccccc2)C(=O)O)NC(=O)[C@H](CCc2ccccc2)NC(=O)[C@@H](Cc2ccc(-c3ccccc3)cc2)NC(=O)[C@H](Cc2ccc(-c3ccncc3)cc2)N1. The number of carbonyl (C=O) groups is 6. The van der Waals surface area contributed by atoms with Crippen molar-refractivity contribution in [2.75, 3.05) is 6.61 Å². The average Bonchev–Trinajstić information content (AvgIpc) is 3.42. The monoisotopic (exact) mass is 976 g/mol. The number of aliphatic carboxylic acids is 1. The van der Waals surface area contributed by atoms with Crippen LogP contribution in [0.1, 0.15) is 34.2 Å². The number of pyridine rings is 1. The van der Waals surface area contributed by atoms with E-state index in [0.717, 1.165) is 33.4 Å². The highest BCUT2D eigenvalue weighted by atomic mass is 16.5. The van der Waals surface area contributed by atoms with E-state index in [-0.39, 0.29) is 32.1 Å². The molecule has 0 aliphatic carbocycles. The minimum absolute atomic E-state index is 0.00107. The molecule has 0 saturated carbocycles. The van der Waals surface area contributed by atoms with E-state index in [1.165, 1.54) is 0 Å². The third-order valence-electron chi connectivity index (χ3n) is 12.7. The van der Waals surface area contributed by atoms with Crippen molar-refractivity contribution in [3.63, 3.8) is 0 Å². The number of carbonyl (C=O) groups excluding carboxylic acids is 5. The van der Waals surface area contributed by atoms with E-state index in [4.69, 9.17) is 4.74 Å². The summed E-state index contributed by atoms with van der Waals surface area (Å²) in [6.45, 7) is -0.454. The van der Waals surface area contributed by atoms with Crippen LogP contribution in [0, 0.1) is 0 Å². The largest absolute Gasteiger partial charge is 0.484 e. The number of carboxylic acid groups (broad SMARTS) is 1. The molecule has 2 aliphatic heterocycles. The van der Waals surface area contributed by atoms with Gasteiger partial charge in [0.1, 0.15) is 36.0 Å². The minimum atomic E-state index is -1.33. The zero-order valence-corrected chi connectivity index (χ0v) is 40.0. The van der Waals surface area contributed by atoms with Crippen molar-refractivity contribution in [1.82, 2.24) is 31.6 Å². The number of amides is 5. The highest BCUT2D eigenvalue weighted by Crippen LogP contribution is 2.22. The molecule has 0 fully saturated rings. The summed E-state index contributed by atoms with van der Waals surface area (Å²) in [4.78, 5) is 88.9. The molecule has 1 aromatic heterocycles. The zero-order chi connectivity index (χ0) is 50.9. The van der Waals surface area contributed by atoms with Gasteiger partial charge in [0.25, 0.3) is 5.91 Å². The molecular weight excluding hydrogens is 921 g/mol. The number of hydrogen-bond acceptors (Lipinski definition) is 8. The fourth-order valence-corrected chi connectivity index (χ4v) is 8.65. The molecule has 5 amide bonds. The quantitative estimate of drug-likeness (QED) is 0.0684. The Bertz CT molecular complexity index is 2960. The fraction of sp³-hybridized carbons (Fsp3) is 0.203. The molecule has 0 saturated heterocycles. The Hall–Kier alpha value is -8.91. The molecule has 370 valence electrons. The number of benzene rings is 6. The van der Waals surface area contributed by atoms with Crippen LogP contribution in [0.3, 0.4) is 0 Å². The van der Waals surface area contributed by atoms with E-state index < -0.39 is 72.3 Å². The lowest BCUT2D eigenvalue weighted by Crippen LogP contribution is -2.60. The highest BCUT2D eigenvalue weighted by Gasteiger charge is 2.33. The maximum absolute atomic E-state index is 14.9. The molecule has 2 bridgehead atoms. The summed E-state index contributed by atoms with van der Waals surface area (Å²) in [6, 6.07) is 47.2. The molecule has 0 radical (unpaired) electrons. The number of aromatic nitrogens is 1. The summed E-state index contributed by atoms with van der Waals surface area (Å²) in [5.74, 6) is -4.33. The van der Waals surface area contributed by atoms with Crippen LogP contribution in [-0.4, -0.2) is 82.4 Å². The molecule has 14 heteroatoms. The van der Waals surface area contributed by atoms with Gasteiger partial charge < -0.3 is 36.4 Å². The Labute approximate surface area is 423 Å². The van der Waals surface area contributed by atoms with Gasteiger partial charge in [-0.3, -0.25) is 29.0 Å². The van der Waals surface area contributed by atoms with Crippen molar-refractivity contribution >= 4 is 35.5 Å². The molecule has 6 aromatic carbocycles. The smallest absolute Gasteiger partial charge is 0.326 e. The molecule has 5 atom stereocenters. The number of fused-ring (bicyclic) bond motifs is 16. The first-order chi connectivity index (χ1) is 35.5. The Balaban J connectivity index is 1.12. The van der Waals surface area contributed by atoms with Crippen LogP contribution in [-0.2, 0) is 60.9 Å². The summed E-state index contributed by atoms with van der Waals surface area (Å²) in [5, 5.41) is 24.4. The number of nitrogens with one attached hydrogen (secondary N) is 5. The lowest BCUT2D eigenvalue weighted by molar-refractivity contribution is -0.142. The normalized spacial score (nSPS) is 18.0. The van der Waals surface area contributed by atoms with Gasteiger partial charge in [-0.1, -0.05) is 152 Å². The Kier molecular flexibility index (Phi) is 17.1. The summed E-state index contributed by atoms with van der Waals surface area (Å²) in [5.41, 5.74) is 7.41. The first-order valence-corrected chi connectivity index (χ1v) is 24.2. The third-order valence-corrected chi connectivity index (χ3v) is 12.7. The van der Waals surface area contributed by atoms with Gasteiger partial charge in [-0.2, -0.15) is 0 Å². The van der Waals surface area contributed by atoms with E-state index in [2.05, 4.69) is 31.6 Å². The third kappa shape index (κ3) is 14.6. The summed E-state index contributed by atoms with van der Waals surface area (Å²) in [7, 11) is 0. The van der Waals surface area contributed by atoms with Gasteiger partial charge in [-0.15, -0.1) is 0 Å². The predicted molar refractivity (Wildman–Crippen MR) is 277 cm³/mol. The standard InChI is InChI=1S/C59H56N6O8/c66-54-38-73-48-27-20-43(21-28-48)36-52(58(70)65-53(59(71)72)37-40-12-6-2-7-13-40)63-55(67)49(29-22-39-10-4-1-5-11-39)62-57(69)51(35-42-16-23-45(24-17-42)44-14-8-3-9-15-44)64-56(68)50(61-54)34-41-18-25-46(26-19-41)47-30-32-60-33-31-47/h1-21,23-28,30-33,49-53H,22,29,34-38H2,(H,61,66)(H,62,69)(H,63,67)(H,64,68)(H,65,70)(H,71,72)/t49-,50-,51+,52-,53+/m0/s1. The van der Waals surface area contributed by atoms with Crippen molar-refractivity contribution in [2.24, 2.45) is 0 Å². The predicted octanol–water partition coefficient (Wildman–Crippen LogP) is 6.22. The Morgan fingerprint density at radius 2 is 1.04 bits per heavy atom. The summed E-state index contributed by atoms with van der Waals surface area (Å²) < 4.78 is 5.87. The van der Waals surface area contributed by atoms with Crippen molar-refractivity contribution in [1.29, 1.82) is 0 Å². The second kappa shape index (κ2) is 24.8. The van der Waals surface area contributed by atoms with E-state index >= 15 is 0 Å². The van der Waals surface area contributed by atoms with Gasteiger partial charge in [0.15, 0.2) is 6.61 Å². The molecule has 6 N–H and O–H groups in total. The van der Waals surface area contributed by atoms with E-state index in [1.54, 1.807) is 67.0 Å². The maximum atomic E-state index is 14.9. The summed E-state index contributed by atoms with van der Waals surface area (Å²) in [6.07, 6.45) is 3.82. The number of rotatable bonds is 14. The van der Waals surface area contributed by atoms with Gasteiger partial charge in [0, 0.05) is 38.1 Å². The molecule has 0 spiro atoms. The molecule has 3 heterocycles. The second-order valence-electron chi connectivity index (χ2n) is 18.0. The fourth-order valence-electron chi connectivity index (χ4n) is 8.65. The number of hydrogen-bond donors (Lipinski definition) is 6. The van der Waals surface area contributed by atoms with Crippen LogP contribution < -0.4 is 31.3 Å². The van der Waals surface area contributed by atoms with Crippen LogP contribution in [0.25, 0.3) is 22.3 Å². The van der Waals surface area contributed by atoms with Gasteiger partial charge in [0.2, 0.25) is 23.6 Å². The van der Waals surface area contributed by atoms with Crippen LogP contribution >= 0.6 is 0 Å². The zero-order valence-electron chi connectivity index (χ0n) is 40.0. The number of carboxylic acids is 1. The van der Waals surface area contributed by atoms with Gasteiger partial charge in [0.05, 0.1) is 0 Å². The van der Waals surface area contributed by atoms with Crippen LogP contribution in [0.15, 0.2) is 188 Å². The van der Waals surface area contributed by atoms with Crippen LogP contribution in [0.5, 0.6) is 5.75 Å². The first kappa shape index (κ1) is 50.5. The maximum Gasteiger partial charge on any atom is 0.326 e. The number of aryl methyl sites for hydroxylation is 1. The summed E-state index contributed by atoms with van der Waals surface area (Å²) >= 11 is 0. The van der Waals surface area contributed by atoms with Crippen LogP contribution in [0.2, 0.25) is 0 Å². The van der Waals surface area contributed by atoms with E-state index in [0.29, 0.717) is 28.9 Å². The lowest BCUT2D eigenvalue weighted by Gasteiger charge is -2.27. The van der Waals surface area contributed by atoms with E-state index in [1.807, 2.05) is 121 Å². The molecular formula is C59H56N6O8. The van der Waals surface area contributed by atoms with Crippen molar-refractivity contribution in [3.8, 4) is 28.0 Å². The number of nitrogens with zero attached hydrogens (tertiary/aromatic N) is 1. The Morgan fingerprint density at radius 1 is 0.548 bits per heavy atom. The van der Waals surface area contributed by atoms with Gasteiger partial charge in [-0.05, 0) is 87.2 Å². The topological polar surface area (TPSA) is 205 Å². The van der Waals surface area contributed by atoms with Gasteiger partial charge in [-0.25, -0.2) is 4.79 Å². The van der Waals surface area contributed by atoms with Crippen molar-refractivity contribution in [3.05, 3.63) is 216 Å². The second-order valence-corrected chi connectivity index (χ2v) is 18.0. The minimum Gasteiger partial charge on any atom is -0.484 e. The molecule has 7 aromatic rings. The molecule has 9 rings (SSSR count). The molecule has 73 heavy (non-hydrogen) atoms. The molecule has 2 aliphatic rings. The highest BCUT2D eigenvalue weighted by molar-refractivity contribution is 5.96.